The summed E-state index contributed by atoms with van der Waals surface area (Å²) in [5.41, 5.74) is 0. The van der Waals surface area contributed by atoms with Gasteiger partial charge in [-0.25, -0.2) is 8.42 Å². The lowest BCUT2D eigenvalue weighted by Gasteiger charge is -2.22. The van der Waals surface area contributed by atoms with Gasteiger partial charge in [0.2, 0.25) is 0 Å². The van der Waals surface area contributed by atoms with Crippen LogP contribution in [0.1, 0.15) is 6.42 Å². The van der Waals surface area contributed by atoms with Crippen molar-refractivity contribution in [3.05, 3.63) is 0 Å². The van der Waals surface area contributed by atoms with Crippen molar-refractivity contribution in [1.82, 2.24) is 4.90 Å². The van der Waals surface area contributed by atoms with E-state index in [1.165, 1.54) is 11.9 Å². The van der Waals surface area contributed by atoms with E-state index >= 15 is 0 Å². The monoisotopic (exact) mass is 243 g/mol. The topological polar surface area (TPSA) is 94.9 Å². The van der Waals surface area contributed by atoms with E-state index in [4.69, 9.17) is 9.79 Å². The lowest BCUT2D eigenvalue weighted by molar-refractivity contribution is 0.266. The van der Waals surface area contributed by atoms with Gasteiger partial charge in [-0.05, 0) is 13.5 Å². The molecule has 6 nitrogen and oxygen atoms in total. The highest BCUT2D eigenvalue weighted by atomic mass is 32.2. The van der Waals surface area contributed by atoms with Crippen molar-refractivity contribution in [2.24, 2.45) is 0 Å². The van der Waals surface area contributed by atoms with Gasteiger partial charge in [-0.3, -0.25) is 9.46 Å². The summed E-state index contributed by atoms with van der Waals surface area (Å²) >= 11 is 0. The minimum Gasteiger partial charge on any atom is -0.324 e. The molecule has 0 radical (unpaired) electrons. The van der Waals surface area contributed by atoms with E-state index < -0.39 is 17.4 Å². The van der Waals surface area contributed by atoms with E-state index in [9.17, 15) is 13.0 Å². The summed E-state index contributed by atoms with van der Waals surface area (Å²) < 4.78 is 32.8. The normalized spacial score (nSPS) is 27.0. The highest BCUT2D eigenvalue weighted by molar-refractivity contribution is 7.91. The first kappa shape index (κ1) is 12.1. The largest absolute Gasteiger partial charge is 0.339 e. The van der Waals surface area contributed by atoms with Gasteiger partial charge in [-0.2, -0.15) is 0 Å². The van der Waals surface area contributed by atoms with Gasteiger partial charge < -0.3 is 9.79 Å². The van der Waals surface area contributed by atoms with Crippen LogP contribution in [0.15, 0.2) is 0 Å². The van der Waals surface area contributed by atoms with E-state index in [2.05, 4.69) is 0 Å². The number of rotatable bonds is 3. The Bertz CT molecular complexity index is 347. The second-order valence-corrected chi connectivity index (χ2v) is 7.46. The third kappa shape index (κ3) is 3.67. The molecular formula is C6H14NO5PS. The second kappa shape index (κ2) is 3.90. The van der Waals surface area contributed by atoms with Gasteiger partial charge in [0.15, 0.2) is 9.84 Å². The smallest absolute Gasteiger partial charge is 0.324 e. The Balaban J connectivity index is 2.56. The molecule has 1 rings (SSSR count). The lowest BCUT2D eigenvalue weighted by atomic mass is 10.2. The number of hydrogen-bond acceptors (Lipinski definition) is 4. The fourth-order valence-corrected chi connectivity index (χ4v) is 4.15. The van der Waals surface area contributed by atoms with Gasteiger partial charge in [-0.1, -0.05) is 0 Å². The summed E-state index contributed by atoms with van der Waals surface area (Å²) in [6.45, 7) is 0. The molecule has 0 aromatic carbocycles. The molecule has 1 atom stereocenters. The highest BCUT2D eigenvalue weighted by Crippen LogP contribution is 2.36. The minimum absolute atomic E-state index is 0.00347. The van der Waals surface area contributed by atoms with Crippen LogP contribution in [0.2, 0.25) is 0 Å². The van der Waals surface area contributed by atoms with Crippen molar-refractivity contribution in [2.75, 3.05) is 24.8 Å². The molecule has 0 aliphatic carbocycles. The highest BCUT2D eigenvalue weighted by Gasteiger charge is 2.32. The molecule has 0 amide bonds. The van der Waals surface area contributed by atoms with E-state index in [0.717, 1.165) is 0 Å². The first-order valence-corrected chi connectivity index (χ1v) is 7.77. The van der Waals surface area contributed by atoms with Crippen molar-refractivity contribution in [1.29, 1.82) is 0 Å². The molecular weight excluding hydrogens is 229 g/mol. The quantitative estimate of drug-likeness (QED) is 0.633. The minimum atomic E-state index is -4.09. The predicted octanol–water partition coefficient (Wildman–Crippen LogP) is -0.760. The summed E-state index contributed by atoms with van der Waals surface area (Å²) in [5.74, 6) is 0.118. The molecule has 0 spiro atoms. The number of nitrogens with zero attached hydrogens (tertiary/aromatic N) is 1. The molecule has 1 unspecified atom stereocenters. The van der Waals surface area contributed by atoms with Crippen LogP contribution >= 0.6 is 7.60 Å². The summed E-state index contributed by atoms with van der Waals surface area (Å²) in [4.78, 5) is 18.8. The lowest BCUT2D eigenvalue weighted by Crippen LogP contribution is -2.33. The van der Waals surface area contributed by atoms with E-state index in [1.54, 1.807) is 0 Å². The summed E-state index contributed by atoms with van der Waals surface area (Å²) in [6, 6.07) is -0.257. The van der Waals surface area contributed by atoms with Gasteiger partial charge in [0.25, 0.3) is 0 Å². The van der Waals surface area contributed by atoms with Crippen molar-refractivity contribution in [3.8, 4) is 0 Å². The molecule has 14 heavy (non-hydrogen) atoms. The molecule has 2 N–H and O–H groups in total. The first-order valence-electron chi connectivity index (χ1n) is 4.15. The van der Waals surface area contributed by atoms with Gasteiger partial charge in [0, 0.05) is 6.04 Å². The third-order valence-corrected chi connectivity index (χ3v) is 4.80. The van der Waals surface area contributed by atoms with Crippen molar-refractivity contribution in [2.45, 2.75) is 12.5 Å². The standard InChI is InChI=1S/C6H14NO5PS/c1-7(5-13(8,9)10)6-2-3-14(11,12)4-6/h6H,2-5H2,1H3,(H2,8,9,10). The zero-order chi connectivity index (χ0) is 11.0. The van der Waals surface area contributed by atoms with Gasteiger partial charge in [-0.15, -0.1) is 0 Å². The molecule has 0 bridgehead atoms. The molecule has 1 saturated heterocycles. The molecule has 0 saturated carbocycles. The Morgan fingerprint density at radius 2 is 2.07 bits per heavy atom. The summed E-state index contributed by atoms with van der Waals surface area (Å²) in [7, 11) is -5.54. The Morgan fingerprint density at radius 3 is 2.43 bits per heavy atom. The summed E-state index contributed by atoms with van der Waals surface area (Å²) in [5, 5.41) is 0. The Hall–Kier alpha value is 0.0600. The fourth-order valence-electron chi connectivity index (χ4n) is 1.53. The molecule has 0 aromatic rings. The van der Waals surface area contributed by atoms with Crippen LogP contribution in [-0.2, 0) is 14.4 Å². The van der Waals surface area contributed by atoms with Crippen LogP contribution in [0, 0.1) is 0 Å². The van der Waals surface area contributed by atoms with E-state index in [0.29, 0.717) is 6.42 Å². The molecule has 1 fully saturated rings. The SMILES string of the molecule is CN(CP(=O)(O)O)C1CCS(=O)(=O)C1. The fraction of sp³-hybridized carbons (Fsp3) is 1.00. The summed E-state index contributed by atoms with van der Waals surface area (Å²) in [6.07, 6.45) is 0.0754. The molecule has 8 heteroatoms. The van der Waals surface area contributed by atoms with Crippen LogP contribution in [-0.4, -0.2) is 54.0 Å². The van der Waals surface area contributed by atoms with Crippen LogP contribution in [0.25, 0.3) is 0 Å². The molecule has 1 heterocycles. The maximum atomic E-state index is 11.1. The number of hydrogen-bond donors (Lipinski definition) is 2. The van der Waals surface area contributed by atoms with Crippen LogP contribution in [0.4, 0.5) is 0 Å². The average molecular weight is 243 g/mol. The Labute approximate surface area is 83.0 Å². The molecule has 1 aliphatic heterocycles. The molecule has 1 aliphatic rings. The second-order valence-electron chi connectivity index (χ2n) is 3.62. The molecule has 84 valence electrons. The van der Waals surface area contributed by atoms with Gasteiger partial charge in [0.05, 0.1) is 11.5 Å². The van der Waals surface area contributed by atoms with E-state index in [1.807, 2.05) is 0 Å². The third-order valence-electron chi connectivity index (χ3n) is 2.24. The Morgan fingerprint density at radius 1 is 1.50 bits per heavy atom. The number of sulfone groups is 1. The predicted molar refractivity (Wildman–Crippen MR) is 51.7 cm³/mol. The van der Waals surface area contributed by atoms with E-state index in [-0.39, 0.29) is 23.8 Å². The zero-order valence-electron chi connectivity index (χ0n) is 7.83. The van der Waals surface area contributed by atoms with Crippen molar-refractivity contribution in [3.63, 3.8) is 0 Å². The average Bonchev–Trinajstić information content (AvgIpc) is 2.26. The van der Waals surface area contributed by atoms with Crippen LogP contribution < -0.4 is 0 Å². The molecule has 0 aromatic heterocycles. The first-order chi connectivity index (χ1) is 6.20. The van der Waals surface area contributed by atoms with Crippen molar-refractivity contribution < 1.29 is 22.8 Å². The van der Waals surface area contributed by atoms with Crippen LogP contribution in [0.3, 0.4) is 0 Å². The van der Waals surface area contributed by atoms with Gasteiger partial charge in [0.1, 0.15) is 6.29 Å². The maximum absolute atomic E-state index is 11.1. The Kier molecular flexibility index (Phi) is 3.38. The van der Waals surface area contributed by atoms with Crippen LogP contribution in [0.5, 0.6) is 0 Å². The van der Waals surface area contributed by atoms with Crippen molar-refractivity contribution >= 4 is 17.4 Å². The van der Waals surface area contributed by atoms with Gasteiger partial charge >= 0.3 is 7.60 Å². The maximum Gasteiger partial charge on any atom is 0.339 e. The zero-order valence-corrected chi connectivity index (χ0v) is 9.54.